The zero-order valence-corrected chi connectivity index (χ0v) is 16.6. The van der Waals surface area contributed by atoms with Gasteiger partial charge >= 0.3 is 0 Å². The molecule has 3 heterocycles. The summed E-state index contributed by atoms with van der Waals surface area (Å²) in [7, 11) is -1.50. The molecule has 1 unspecified atom stereocenters. The van der Waals surface area contributed by atoms with Crippen LogP contribution in [0.1, 0.15) is 11.3 Å². The van der Waals surface area contributed by atoms with Gasteiger partial charge in [-0.05, 0) is 23.9 Å². The zero-order valence-electron chi connectivity index (χ0n) is 13.4. The Morgan fingerprint density at radius 1 is 1.52 bits per heavy atom. The molecule has 1 aromatic rings. The summed E-state index contributed by atoms with van der Waals surface area (Å²) in [6.45, 7) is -0.167. The Hall–Kier alpha value is -1.23. The van der Waals surface area contributed by atoms with E-state index in [-0.39, 0.29) is 35.9 Å². The van der Waals surface area contributed by atoms with E-state index in [9.17, 15) is 18.0 Å². The minimum absolute atomic E-state index is 0.0219. The second-order valence-electron chi connectivity index (χ2n) is 5.84. The van der Waals surface area contributed by atoms with E-state index in [1.54, 1.807) is 13.1 Å². The van der Waals surface area contributed by atoms with Crippen molar-refractivity contribution >= 4 is 67.4 Å². The number of thiocarbonyl (C=S) groups is 1. The summed E-state index contributed by atoms with van der Waals surface area (Å²) in [4.78, 5) is 29.1. The summed E-state index contributed by atoms with van der Waals surface area (Å²) in [5.74, 6) is -0.522. The molecule has 2 saturated heterocycles. The molecule has 0 saturated carbocycles. The lowest BCUT2D eigenvalue weighted by Crippen LogP contribution is -2.45. The molecule has 6 nitrogen and oxygen atoms in total. The van der Waals surface area contributed by atoms with Crippen molar-refractivity contribution < 1.29 is 18.0 Å². The van der Waals surface area contributed by atoms with Crippen molar-refractivity contribution in [2.45, 2.75) is 12.5 Å². The molecule has 2 aliphatic rings. The molecule has 25 heavy (non-hydrogen) atoms. The lowest BCUT2D eigenvalue weighted by atomic mass is 10.2. The van der Waals surface area contributed by atoms with Crippen molar-refractivity contribution in [2.24, 2.45) is 0 Å². The van der Waals surface area contributed by atoms with Crippen LogP contribution in [0.4, 0.5) is 0 Å². The molecule has 0 radical (unpaired) electrons. The first-order valence-corrected chi connectivity index (χ1v) is 11.4. The lowest BCUT2D eigenvalue weighted by molar-refractivity contribution is -0.135. The summed E-state index contributed by atoms with van der Waals surface area (Å²) in [6, 6.07) is 3.46. The number of nitrogens with zero attached hydrogens (tertiary/aromatic N) is 2. The highest BCUT2D eigenvalue weighted by Crippen LogP contribution is 2.33. The molecule has 0 aromatic carbocycles. The van der Waals surface area contributed by atoms with Crippen LogP contribution in [0, 0.1) is 0 Å². The summed E-state index contributed by atoms with van der Waals surface area (Å²) in [6.07, 6.45) is 2.20. The van der Waals surface area contributed by atoms with Gasteiger partial charge in [0.1, 0.15) is 10.9 Å². The monoisotopic (exact) mass is 416 g/mol. The van der Waals surface area contributed by atoms with Crippen molar-refractivity contribution in [1.29, 1.82) is 0 Å². The van der Waals surface area contributed by atoms with Crippen LogP contribution < -0.4 is 0 Å². The van der Waals surface area contributed by atoms with E-state index in [1.165, 1.54) is 32.9 Å². The molecule has 0 bridgehead atoms. The molecule has 1 atom stereocenters. The van der Waals surface area contributed by atoms with Crippen LogP contribution in [-0.4, -0.2) is 65.5 Å². The highest BCUT2D eigenvalue weighted by molar-refractivity contribution is 8.26. The number of thioether (sulfide) groups is 1. The maximum Gasteiger partial charge on any atom is 0.266 e. The number of carbonyl (C=O) groups excluding carboxylic acids is 2. The van der Waals surface area contributed by atoms with Crippen LogP contribution in [0.3, 0.4) is 0 Å². The van der Waals surface area contributed by atoms with Gasteiger partial charge in [0, 0.05) is 18.0 Å². The zero-order chi connectivity index (χ0) is 18.2. The molecule has 10 heteroatoms. The maximum atomic E-state index is 12.5. The van der Waals surface area contributed by atoms with Crippen molar-refractivity contribution in [3.8, 4) is 0 Å². The average molecular weight is 417 g/mol. The number of sulfone groups is 1. The SMILES string of the molecule is CN(C(=O)CN1C(=O)/C(=C/c2cccs2)SC1=S)C1CCS(=O)(=O)C1. The number of rotatable bonds is 4. The normalized spacial score (nSPS) is 24.3. The molecule has 0 spiro atoms. The molecule has 0 N–H and O–H groups in total. The molecule has 2 fully saturated rings. The van der Waals surface area contributed by atoms with E-state index < -0.39 is 9.84 Å². The number of amides is 2. The minimum Gasteiger partial charge on any atom is -0.340 e. The molecule has 134 valence electrons. The van der Waals surface area contributed by atoms with Gasteiger partial charge in [0.2, 0.25) is 5.91 Å². The van der Waals surface area contributed by atoms with E-state index >= 15 is 0 Å². The van der Waals surface area contributed by atoms with E-state index in [0.29, 0.717) is 15.6 Å². The molecule has 0 aliphatic carbocycles. The third-order valence-corrected chi connectivity index (χ3v) is 8.08. The standard InChI is InChI=1S/C15H16N2O4S4/c1-16(10-4-6-25(20,21)9-10)13(18)8-17-14(19)12(24-15(17)22)7-11-3-2-5-23-11/h2-3,5,7,10H,4,6,8-9H2,1H3/b12-7-. The predicted molar refractivity (Wildman–Crippen MR) is 104 cm³/mol. The Bertz CT molecular complexity index is 845. The Kier molecular flexibility index (Phi) is 5.33. The number of thiophene rings is 1. The van der Waals surface area contributed by atoms with Gasteiger partial charge in [0.15, 0.2) is 9.84 Å². The third kappa shape index (κ3) is 4.13. The van der Waals surface area contributed by atoms with Crippen LogP contribution >= 0.6 is 35.3 Å². The van der Waals surface area contributed by atoms with Gasteiger partial charge in [0.05, 0.1) is 16.4 Å². The fourth-order valence-electron chi connectivity index (χ4n) is 2.67. The lowest BCUT2D eigenvalue weighted by Gasteiger charge is -2.25. The van der Waals surface area contributed by atoms with Gasteiger partial charge < -0.3 is 4.90 Å². The van der Waals surface area contributed by atoms with Gasteiger partial charge in [-0.3, -0.25) is 14.5 Å². The van der Waals surface area contributed by atoms with Crippen molar-refractivity contribution in [1.82, 2.24) is 9.80 Å². The van der Waals surface area contributed by atoms with Crippen LogP contribution in [0.15, 0.2) is 22.4 Å². The third-order valence-electron chi connectivity index (χ3n) is 4.13. The van der Waals surface area contributed by atoms with E-state index in [0.717, 1.165) is 4.88 Å². The average Bonchev–Trinajstić information content (AvgIpc) is 3.24. The van der Waals surface area contributed by atoms with Crippen LogP contribution in [0.2, 0.25) is 0 Å². The number of hydrogen-bond acceptors (Lipinski definition) is 7. The number of likely N-dealkylation sites (N-methyl/N-ethyl adjacent to an activating group) is 1. The second kappa shape index (κ2) is 7.18. The number of carbonyl (C=O) groups is 2. The summed E-state index contributed by atoms with van der Waals surface area (Å²) in [5.41, 5.74) is 0. The van der Waals surface area contributed by atoms with Crippen LogP contribution in [-0.2, 0) is 19.4 Å². The molecule has 3 rings (SSSR count). The van der Waals surface area contributed by atoms with Gasteiger partial charge in [-0.15, -0.1) is 11.3 Å². The predicted octanol–water partition coefficient (Wildman–Crippen LogP) is 1.59. The fourth-order valence-corrected chi connectivity index (χ4v) is 6.42. The summed E-state index contributed by atoms with van der Waals surface area (Å²) < 4.78 is 23.5. The van der Waals surface area contributed by atoms with Gasteiger partial charge in [0.25, 0.3) is 5.91 Å². The Labute approximate surface area is 159 Å². The molecule has 1 aromatic heterocycles. The van der Waals surface area contributed by atoms with E-state index in [1.807, 2.05) is 17.5 Å². The molecule has 2 aliphatic heterocycles. The van der Waals surface area contributed by atoms with Crippen LogP contribution in [0.5, 0.6) is 0 Å². The first-order valence-electron chi connectivity index (χ1n) is 7.52. The Balaban J connectivity index is 1.67. The molecule has 2 amide bonds. The van der Waals surface area contributed by atoms with E-state index in [4.69, 9.17) is 12.2 Å². The van der Waals surface area contributed by atoms with Gasteiger partial charge in [-0.2, -0.15) is 0 Å². The highest BCUT2D eigenvalue weighted by atomic mass is 32.2. The maximum absolute atomic E-state index is 12.5. The van der Waals surface area contributed by atoms with E-state index in [2.05, 4.69) is 0 Å². The van der Waals surface area contributed by atoms with Crippen LogP contribution in [0.25, 0.3) is 6.08 Å². The molecular weight excluding hydrogens is 400 g/mol. The first-order chi connectivity index (χ1) is 11.8. The van der Waals surface area contributed by atoms with Gasteiger partial charge in [-0.1, -0.05) is 30.0 Å². The minimum atomic E-state index is -3.07. The van der Waals surface area contributed by atoms with Crippen molar-refractivity contribution in [2.75, 3.05) is 25.1 Å². The quantitative estimate of drug-likeness (QED) is 0.548. The smallest absolute Gasteiger partial charge is 0.266 e. The van der Waals surface area contributed by atoms with Crippen molar-refractivity contribution in [3.05, 3.63) is 27.3 Å². The fraction of sp³-hybridized carbons (Fsp3) is 0.400. The largest absolute Gasteiger partial charge is 0.340 e. The first kappa shape index (κ1) is 18.6. The highest BCUT2D eigenvalue weighted by Gasteiger charge is 2.37. The summed E-state index contributed by atoms with van der Waals surface area (Å²) in [5, 5.41) is 1.92. The summed E-state index contributed by atoms with van der Waals surface area (Å²) >= 11 is 7.92. The molecular formula is C15H16N2O4S4. The Morgan fingerprint density at radius 3 is 2.88 bits per heavy atom. The number of hydrogen-bond donors (Lipinski definition) is 0. The topological polar surface area (TPSA) is 74.8 Å². The second-order valence-corrected chi connectivity index (χ2v) is 10.7. The Morgan fingerprint density at radius 2 is 2.28 bits per heavy atom. The van der Waals surface area contributed by atoms with Crippen molar-refractivity contribution in [3.63, 3.8) is 0 Å². The van der Waals surface area contributed by atoms with Gasteiger partial charge in [-0.25, -0.2) is 8.42 Å².